The van der Waals surface area contributed by atoms with E-state index in [1.54, 1.807) is 11.8 Å². The third-order valence-corrected chi connectivity index (χ3v) is 3.33. The van der Waals surface area contributed by atoms with Crippen molar-refractivity contribution in [2.45, 2.75) is 51.7 Å². The third kappa shape index (κ3) is 4.24. The van der Waals surface area contributed by atoms with Gasteiger partial charge in [0, 0.05) is 18.3 Å². The van der Waals surface area contributed by atoms with E-state index in [9.17, 15) is 4.79 Å². The molecule has 0 aromatic heterocycles. The Morgan fingerprint density at radius 3 is 2.69 bits per heavy atom. The van der Waals surface area contributed by atoms with Crippen LogP contribution in [0.3, 0.4) is 0 Å². The molecular weight excluding hydrogens is 222 g/mol. The van der Waals surface area contributed by atoms with Crippen LogP contribution in [-0.4, -0.2) is 41.2 Å². The molecule has 16 heavy (non-hydrogen) atoms. The van der Waals surface area contributed by atoms with Gasteiger partial charge in [-0.05, 0) is 46.3 Å². The molecule has 0 radical (unpaired) electrons. The van der Waals surface area contributed by atoms with Gasteiger partial charge in [0.1, 0.15) is 5.60 Å². The van der Waals surface area contributed by atoms with Crippen LogP contribution in [0.2, 0.25) is 0 Å². The second-order valence-corrected chi connectivity index (χ2v) is 6.19. The first-order valence-corrected chi connectivity index (χ1v) is 7.32. The van der Waals surface area contributed by atoms with Gasteiger partial charge in [0.2, 0.25) is 0 Å². The molecule has 4 heteroatoms. The van der Waals surface area contributed by atoms with Crippen molar-refractivity contribution in [1.29, 1.82) is 0 Å². The van der Waals surface area contributed by atoms with E-state index in [0.717, 1.165) is 25.1 Å². The number of hydrogen-bond donors (Lipinski definition) is 0. The monoisotopic (exact) mass is 245 g/mol. The molecule has 3 nitrogen and oxygen atoms in total. The van der Waals surface area contributed by atoms with E-state index >= 15 is 0 Å². The quantitative estimate of drug-likeness (QED) is 0.748. The molecule has 0 aromatic rings. The summed E-state index contributed by atoms with van der Waals surface area (Å²) in [5.74, 6) is 1.01. The summed E-state index contributed by atoms with van der Waals surface area (Å²) in [7, 11) is 0. The van der Waals surface area contributed by atoms with E-state index in [4.69, 9.17) is 4.74 Å². The van der Waals surface area contributed by atoms with E-state index < -0.39 is 5.60 Å². The Bertz CT molecular complexity index is 236. The molecule has 1 amide bonds. The highest BCUT2D eigenvalue weighted by atomic mass is 32.2. The summed E-state index contributed by atoms with van der Waals surface area (Å²) in [5, 5.41) is 0. The van der Waals surface area contributed by atoms with Crippen LogP contribution in [0, 0.1) is 0 Å². The first kappa shape index (κ1) is 13.7. The van der Waals surface area contributed by atoms with Crippen molar-refractivity contribution < 1.29 is 9.53 Å². The van der Waals surface area contributed by atoms with Gasteiger partial charge in [0.15, 0.2) is 0 Å². The molecule has 1 aliphatic rings. The smallest absolute Gasteiger partial charge is 0.410 e. The summed E-state index contributed by atoms with van der Waals surface area (Å²) in [6.07, 6.45) is 5.38. The number of amides is 1. The molecule has 1 rings (SSSR count). The molecule has 1 fully saturated rings. The molecule has 0 aliphatic carbocycles. The van der Waals surface area contributed by atoms with Gasteiger partial charge in [0.25, 0.3) is 0 Å². The number of rotatable bonds is 2. The molecule has 1 atom stereocenters. The maximum atomic E-state index is 12.0. The van der Waals surface area contributed by atoms with Gasteiger partial charge in [-0.25, -0.2) is 4.79 Å². The SMILES string of the molecule is CSCC1CCCCN1C(=O)OC(C)(C)C. The van der Waals surface area contributed by atoms with Crippen molar-refractivity contribution in [3.8, 4) is 0 Å². The van der Waals surface area contributed by atoms with Crippen LogP contribution in [0.25, 0.3) is 0 Å². The highest BCUT2D eigenvalue weighted by Gasteiger charge is 2.29. The number of carbonyl (C=O) groups is 1. The van der Waals surface area contributed by atoms with Crippen LogP contribution < -0.4 is 0 Å². The molecule has 1 unspecified atom stereocenters. The predicted octanol–water partition coefficient (Wildman–Crippen LogP) is 3.14. The first-order chi connectivity index (χ1) is 7.44. The molecule has 0 saturated carbocycles. The predicted molar refractivity (Wildman–Crippen MR) is 69.0 cm³/mol. The zero-order valence-electron chi connectivity index (χ0n) is 10.8. The Morgan fingerprint density at radius 1 is 1.44 bits per heavy atom. The van der Waals surface area contributed by atoms with Gasteiger partial charge in [-0.15, -0.1) is 0 Å². The maximum absolute atomic E-state index is 12.0. The molecule has 0 aromatic carbocycles. The second kappa shape index (κ2) is 5.80. The molecule has 1 saturated heterocycles. The molecule has 1 aliphatic heterocycles. The number of likely N-dealkylation sites (tertiary alicyclic amines) is 1. The van der Waals surface area contributed by atoms with Gasteiger partial charge in [0.05, 0.1) is 0 Å². The van der Waals surface area contributed by atoms with Crippen molar-refractivity contribution >= 4 is 17.9 Å². The van der Waals surface area contributed by atoms with Gasteiger partial charge in [-0.1, -0.05) is 0 Å². The van der Waals surface area contributed by atoms with Crippen LogP contribution in [-0.2, 0) is 4.74 Å². The molecule has 0 spiro atoms. The lowest BCUT2D eigenvalue weighted by atomic mass is 10.0. The fraction of sp³-hybridized carbons (Fsp3) is 0.917. The van der Waals surface area contributed by atoms with Gasteiger partial charge < -0.3 is 9.64 Å². The Hall–Kier alpha value is -0.380. The first-order valence-electron chi connectivity index (χ1n) is 5.92. The Kier molecular flexibility index (Phi) is 4.96. The minimum atomic E-state index is -0.390. The average Bonchev–Trinajstić information content (AvgIpc) is 2.16. The topological polar surface area (TPSA) is 29.5 Å². The summed E-state index contributed by atoms with van der Waals surface area (Å²) in [5.41, 5.74) is -0.390. The van der Waals surface area contributed by atoms with Crippen molar-refractivity contribution in [2.24, 2.45) is 0 Å². The van der Waals surface area contributed by atoms with E-state index in [1.165, 1.54) is 6.42 Å². The standard InChI is InChI=1S/C12H23NO2S/c1-12(2,3)15-11(14)13-8-6-5-7-10(13)9-16-4/h10H,5-9H2,1-4H3. The van der Waals surface area contributed by atoms with Crippen LogP contribution in [0.4, 0.5) is 4.79 Å². The summed E-state index contributed by atoms with van der Waals surface area (Å²) in [6, 6.07) is 0.360. The highest BCUT2D eigenvalue weighted by Crippen LogP contribution is 2.22. The molecule has 0 N–H and O–H groups in total. The van der Waals surface area contributed by atoms with Crippen LogP contribution in [0.1, 0.15) is 40.0 Å². The Morgan fingerprint density at radius 2 is 2.12 bits per heavy atom. The summed E-state index contributed by atoms with van der Waals surface area (Å²) >= 11 is 1.80. The van der Waals surface area contributed by atoms with E-state index in [2.05, 4.69) is 6.26 Å². The van der Waals surface area contributed by atoms with Crippen molar-refractivity contribution in [2.75, 3.05) is 18.6 Å². The van der Waals surface area contributed by atoms with Gasteiger partial charge >= 0.3 is 6.09 Å². The largest absolute Gasteiger partial charge is 0.444 e. The summed E-state index contributed by atoms with van der Waals surface area (Å²) < 4.78 is 5.43. The number of piperidine rings is 1. The summed E-state index contributed by atoms with van der Waals surface area (Å²) in [4.78, 5) is 13.9. The normalized spacial score (nSPS) is 22.0. The van der Waals surface area contributed by atoms with Crippen molar-refractivity contribution in [3.05, 3.63) is 0 Å². The van der Waals surface area contributed by atoms with Gasteiger partial charge in [-0.3, -0.25) is 0 Å². The molecule has 1 heterocycles. The lowest BCUT2D eigenvalue weighted by molar-refractivity contribution is 0.0126. The average molecular weight is 245 g/mol. The highest BCUT2D eigenvalue weighted by molar-refractivity contribution is 7.98. The van der Waals surface area contributed by atoms with Crippen molar-refractivity contribution in [3.63, 3.8) is 0 Å². The lowest BCUT2D eigenvalue weighted by Gasteiger charge is -2.36. The van der Waals surface area contributed by atoms with Gasteiger partial charge in [-0.2, -0.15) is 11.8 Å². The van der Waals surface area contributed by atoms with E-state index in [0.29, 0.717) is 6.04 Å². The Balaban J connectivity index is 2.57. The number of carbonyl (C=O) groups excluding carboxylic acids is 1. The van der Waals surface area contributed by atoms with Crippen molar-refractivity contribution in [1.82, 2.24) is 4.90 Å². The zero-order valence-corrected chi connectivity index (χ0v) is 11.6. The fourth-order valence-electron chi connectivity index (χ4n) is 1.93. The third-order valence-electron chi connectivity index (χ3n) is 2.61. The van der Waals surface area contributed by atoms with Crippen LogP contribution in [0.15, 0.2) is 0 Å². The van der Waals surface area contributed by atoms with E-state index in [-0.39, 0.29) is 6.09 Å². The molecule has 0 bridgehead atoms. The number of thioether (sulfide) groups is 1. The molecule has 94 valence electrons. The fourth-order valence-corrected chi connectivity index (χ4v) is 2.66. The number of hydrogen-bond acceptors (Lipinski definition) is 3. The lowest BCUT2D eigenvalue weighted by Crippen LogP contribution is -2.47. The van der Waals surface area contributed by atoms with Crippen LogP contribution in [0.5, 0.6) is 0 Å². The van der Waals surface area contributed by atoms with E-state index in [1.807, 2.05) is 25.7 Å². The molecular formula is C12H23NO2S. The maximum Gasteiger partial charge on any atom is 0.410 e. The number of nitrogens with zero attached hydrogens (tertiary/aromatic N) is 1. The minimum Gasteiger partial charge on any atom is -0.444 e. The zero-order chi connectivity index (χ0) is 12.2. The number of ether oxygens (including phenoxy) is 1. The Labute approximate surface area is 103 Å². The minimum absolute atomic E-state index is 0.147. The van der Waals surface area contributed by atoms with Crippen LogP contribution >= 0.6 is 11.8 Å². The second-order valence-electron chi connectivity index (χ2n) is 5.28. The summed E-state index contributed by atoms with van der Waals surface area (Å²) in [6.45, 7) is 6.59.